The lowest BCUT2D eigenvalue weighted by molar-refractivity contribution is -0.138. The Balaban J connectivity index is 3.05. The zero-order valence-electron chi connectivity index (χ0n) is 8.57. The largest absolute Gasteiger partial charge is 0.481 e. The highest BCUT2D eigenvalue weighted by atomic mass is 32.2. The summed E-state index contributed by atoms with van der Waals surface area (Å²) in [6, 6.07) is 5.89. The number of rotatable bonds is 3. The van der Waals surface area contributed by atoms with E-state index in [0.29, 0.717) is 0 Å². The van der Waals surface area contributed by atoms with Gasteiger partial charge in [-0.1, -0.05) is 6.07 Å². The Bertz CT molecular complexity index is 347. The molecule has 0 heterocycles. The third-order valence-electron chi connectivity index (χ3n) is 2.31. The van der Waals surface area contributed by atoms with Crippen molar-refractivity contribution in [1.82, 2.24) is 0 Å². The molecule has 1 atom stereocenters. The molecule has 1 aromatic rings. The van der Waals surface area contributed by atoms with Gasteiger partial charge in [0.05, 0.1) is 5.92 Å². The van der Waals surface area contributed by atoms with E-state index >= 15 is 0 Å². The van der Waals surface area contributed by atoms with Gasteiger partial charge in [-0.3, -0.25) is 4.79 Å². The summed E-state index contributed by atoms with van der Waals surface area (Å²) >= 11 is 1.66. The van der Waals surface area contributed by atoms with E-state index in [4.69, 9.17) is 5.11 Å². The zero-order chi connectivity index (χ0) is 10.7. The Morgan fingerprint density at radius 2 is 2.14 bits per heavy atom. The molecule has 14 heavy (non-hydrogen) atoms. The van der Waals surface area contributed by atoms with Gasteiger partial charge in [-0.05, 0) is 43.4 Å². The Morgan fingerprint density at radius 3 is 2.57 bits per heavy atom. The Morgan fingerprint density at radius 1 is 1.50 bits per heavy atom. The van der Waals surface area contributed by atoms with Gasteiger partial charge in [0.2, 0.25) is 0 Å². The maximum atomic E-state index is 10.8. The van der Waals surface area contributed by atoms with Gasteiger partial charge in [-0.2, -0.15) is 0 Å². The summed E-state index contributed by atoms with van der Waals surface area (Å²) in [5.41, 5.74) is 1.95. The maximum Gasteiger partial charge on any atom is 0.310 e. The molecule has 1 rings (SSSR count). The van der Waals surface area contributed by atoms with Crippen molar-refractivity contribution in [3.05, 3.63) is 29.3 Å². The van der Waals surface area contributed by atoms with E-state index in [-0.39, 0.29) is 0 Å². The van der Waals surface area contributed by atoms with Gasteiger partial charge in [-0.15, -0.1) is 11.8 Å². The monoisotopic (exact) mass is 210 g/mol. The van der Waals surface area contributed by atoms with E-state index in [0.717, 1.165) is 11.1 Å². The van der Waals surface area contributed by atoms with Crippen molar-refractivity contribution < 1.29 is 9.90 Å². The summed E-state index contributed by atoms with van der Waals surface area (Å²) in [6.07, 6.45) is 2.01. The minimum atomic E-state index is -0.773. The van der Waals surface area contributed by atoms with Crippen LogP contribution in [0.2, 0.25) is 0 Å². The third kappa shape index (κ3) is 2.29. The first-order valence-electron chi connectivity index (χ1n) is 4.43. The second-order valence-corrected chi connectivity index (χ2v) is 4.16. The molecule has 0 aromatic heterocycles. The summed E-state index contributed by atoms with van der Waals surface area (Å²) in [5, 5.41) is 8.88. The lowest BCUT2D eigenvalue weighted by Gasteiger charge is -2.11. The molecule has 0 saturated carbocycles. The summed E-state index contributed by atoms with van der Waals surface area (Å²) in [6.45, 7) is 3.66. The minimum absolute atomic E-state index is 0.425. The lowest BCUT2D eigenvalue weighted by atomic mass is 9.97. The fourth-order valence-corrected chi connectivity index (χ4v) is 1.89. The predicted octanol–water partition coefficient (Wildman–Crippen LogP) is 2.91. The number of benzene rings is 1. The van der Waals surface area contributed by atoms with Gasteiger partial charge in [0.15, 0.2) is 0 Å². The van der Waals surface area contributed by atoms with Gasteiger partial charge < -0.3 is 5.11 Å². The minimum Gasteiger partial charge on any atom is -0.481 e. The number of aliphatic carboxylic acids is 1. The number of carboxylic acids is 1. The Kier molecular flexibility index (Phi) is 3.58. The van der Waals surface area contributed by atoms with Crippen LogP contribution in [0.25, 0.3) is 0 Å². The first-order chi connectivity index (χ1) is 6.56. The fraction of sp³-hybridized carbons (Fsp3) is 0.364. The second kappa shape index (κ2) is 4.51. The number of thioether (sulfide) groups is 1. The van der Waals surface area contributed by atoms with Crippen LogP contribution in [0.5, 0.6) is 0 Å². The SMILES string of the molecule is CSc1ccc(C(C)C(=O)O)c(C)c1. The highest BCUT2D eigenvalue weighted by molar-refractivity contribution is 7.98. The van der Waals surface area contributed by atoms with Crippen LogP contribution in [0, 0.1) is 6.92 Å². The maximum absolute atomic E-state index is 10.8. The van der Waals surface area contributed by atoms with Gasteiger partial charge >= 0.3 is 5.97 Å². The highest BCUT2D eigenvalue weighted by Gasteiger charge is 2.15. The van der Waals surface area contributed by atoms with Crippen LogP contribution in [-0.4, -0.2) is 17.3 Å². The molecule has 1 N–H and O–H groups in total. The molecule has 0 fully saturated rings. The summed E-state index contributed by atoms with van der Waals surface area (Å²) in [7, 11) is 0. The number of carbonyl (C=O) groups is 1. The zero-order valence-corrected chi connectivity index (χ0v) is 9.39. The number of aryl methyl sites for hydroxylation is 1. The molecule has 0 aliphatic heterocycles. The summed E-state index contributed by atoms with van der Waals surface area (Å²) < 4.78 is 0. The van der Waals surface area contributed by atoms with E-state index in [1.54, 1.807) is 18.7 Å². The third-order valence-corrected chi connectivity index (χ3v) is 3.04. The molecule has 0 aliphatic carbocycles. The summed E-state index contributed by atoms with van der Waals surface area (Å²) in [5.74, 6) is -1.20. The van der Waals surface area contributed by atoms with Crippen LogP contribution in [0.15, 0.2) is 23.1 Å². The average molecular weight is 210 g/mol. The van der Waals surface area contributed by atoms with Gasteiger partial charge in [0, 0.05) is 4.90 Å². The quantitative estimate of drug-likeness (QED) is 0.779. The second-order valence-electron chi connectivity index (χ2n) is 3.28. The molecule has 0 saturated heterocycles. The number of carboxylic acid groups (broad SMARTS) is 1. The van der Waals surface area contributed by atoms with Gasteiger partial charge in [-0.25, -0.2) is 0 Å². The predicted molar refractivity (Wildman–Crippen MR) is 59.0 cm³/mol. The topological polar surface area (TPSA) is 37.3 Å². The van der Waals surface area contributed by atoms with E-state index in [1.807, 2.05) is 31.4 Å². The molecule has 0 radical (unpaired) electrons. The van der Waals surface area contributed by atoms with Crippen LogP contribution in [0.3, 0.4) is 0 Å². The molecule has 0 spiro atoms. The molecular weight excluding hydrogens is 196 g/mol. The smallest absolute Gasteiger partial charge is 0.310 e. The first-order valence-corrected chi connectivity index (χ1v) is 5.66. The van der Waals surface area contributed by atoms with Crippen molar-refractivity contribution in [1.29, 1.82) is 0 Å². The normalized spacial score (nSPS) is 12.5. The van der Waals surface area contributed by atoms with E-state index in [2.05, 4.69) is 0 Å². The number of hydrogen-bond donors (Lipinski definition) is 1. The van der Waals surface area contributed by atoms with Crippen LogP contribution < -0.4 is 0 Å². The lowest BCUT2D eigenvalue weighted by Crippen LogP contribution is -2.08. The van der Waals surface area contributed by atoms with Crippen molar-refractivity contribution in [2.75, 3.05) is 6.26 Å². The van der Waals surface area contributed by atoms with E-state index in [9.17, 15) is 4.79 Å². The fourth-order valence-electron chi connectivity index (χ4n) is 1.39. The van der Waals surface area contributed by atoms with Crippen LogP contribution in [0.4, 0.5) is 0 Å². The van der Waals surface area contributed by atoms with Crippen LogP contribution >= 0.6 is 11.8 Å². The van der Waals surface area contributed by atoms with E-state index in [1.165, 1.54) is 4.90 Å². The molecule has 0 amide bonds. The van der Waals surface area contributed by atoms with Crippen molar-refractivity contribution in [3.8, 4) is 0 Å². The number of hydrogen-bond acceptors (Lipinski definition) is 2. The first kappa shape index (κ1) is 11.1. The molecule has 2 nitrogen and oxygen atoms in total. The van der Waals surface area contributed by atoms with Gasteiger partial charge in [0.25, 0.3) is 0 Å². The van der Waals surface area contributed by atoms with Crippen LogP contribution in [0.1, 0.15) is 24.0 Å². The molecule has 0 aliphatic rings. The van der Waals surface area contributed by atoms with Crippen LogP contribution in [-0.2, 0) is 4.79 Å². The Hall–Kier alpha value is -0.960. The molecule has 0 bridgehead atoms. The van der Waals surface area contributed by atoms with Gasteiger partial charge in [0.1, 0.15) is 0 Å². The van der Waals surface area contributed by atoms with E-state index < -0.39 is 11.9 Å². The van der Waals surface area contributed by atoms with Crippen molar-refractivity contribution in [3.63, 3.8) is 0 Å². The van der Waals surface area contributed by atoms with Crippen molar-refractivity contribution in [2.24, 2.45) is 0 Å². The highest BCUT2D eigenvalue weighted by Crippen LogP contribution is 2.24. The molecule has 1 aromatic carbocycles. The molecule has 76 valence electrons. The Labute approximate surface area is 88.3 Å². The average Bonchev–Trinajstić information content (AvgIpc) is 2.16. The molecule has 3 heteroatoms. The molecular formula is C11H14O2S. The van der Waals surface area contributed by atoms with Crippen molar-refractivity contribution >= 4 is 17.7 Å². The standard InChI is InChI=1S/C11H14O2S/c1-7-6-9(14-3)4-5-10(7)8(2)11(12)13/h4-6,8H,1-3H3,(H,12,13). The molecule has 1 unspecified atom stereocenters. The van der Waals surface area contributed by atoms with Crippen molar-refractivity contribution in [2.45, 2.75) is 24.7 Å². The summed E-state index contributed by atoms with van der Waals surface area (Å²) in [4.78, 5) is 12.0.